The van der Waals surface area contributed by atoms with Crippen LogP contribution in [0.25, 0.3) is 0 Å². The molecular weight excluding hydrogens is 204 g/mol. The Balaban J connectivity index is 2.73. The van der Waals surface area contributed by atoms with E-state index in [2.05, 4.69) is 9.97 Å². The normalized spacial score (nSPS) is 10.2. The van der Waals surface area contributed by atoms with Crippen LogP contribution in [0.2, 0.25) is 5.15 Å². The molecule has 0 aromatic carbocycles. The van der Waals surface area contributed by atoms with Gasteiger partial charge in [0.2, 0.25) is 5.88 Å². The molecule has 0 unspecified atom stereocenters. The van der Waals surface area contributed by atoms with Crippen LogP contribution >= 0.6 is 11.6 Å². The molecule has 0 bridgehead atoms. The van der Waals surface area contributed by atoms with E-state index >= 15 is 0 Å². The number of halogens is 1. The first-order valence-corrected chi connectivity index (χ1v) is 4.88. The number of nitrogens with zero attached hydrogens (tertiary/aromatic N) is 2. The average molecular weight is 217 g/mol. The molecule has 0 amide bonds. The molecule has 4 nitrogen and oxygen atoms in total. The summed E-state index contributed by atoms with van der Waals surface area (Å²) < 4.78 is 10.4. The van der Waals surface area contributed by atoms with Gasteiger partial charge in [-0.3, -0.25) is 0 Å². The summed E-state index contributed by atoms with van der Waals surface area (Å²) in [5.74, 6) is 1.03. The van der Waals surface area contributed by atoms with Crippen LogP contribution < -0.4 is 4.74 Å². The number of hydrogen-bond acceptors (Lipinski definition) is 4. The molecule has 0 atom stereocenters. The maximum atomic E-state index is 5.78. The Labute approximate surface area is 88.2 Å². The van der Waals surface area contributed by atoms with Gasteiger partial charge in [0.25, 0.3) is 0 Å². The first kappa shape index (κ1) is 11.2. The van der Waals surface area contributed by atoms with Crippen molar-refractivity contribution in [1.29, 1.82) is 0 Å². The number of ether oxygens (including phenoxy) is 2. The van der Waals surface area contributed by atoms with Gasteiger partial charge >= 0.3 is 0 Å². The van der Waals surface area contributed by atoms with E-state index in [-0.39, 0.29) is 0 Å². The molecule has 78 valence electrons. The summed E-state index contributed by atoms with van der Waals surface area (Å²) in [6, 6.07) is 1.58. The molecule has 0 N–H and O–H groups in total. The van der Waals surface area contributed by atoms with Crippen LogP contribution in [0.15, 0.2) is 6.07 Å². The van der Waals surface area contributed by atoms with Gasteiger partial charge in [0, 0.05) is 12.7 Å². The van der Waals surface area contributed by atoms with Crippen molar-refractivity contribution < 1.29 is 9.47 Å². The van der Waals surface area contributed by atoms with Crippen LogP contribution in [0.5, 0.6) is 5.88 Å². The summed E-state index contributed by atoms with van der Waals surface area (Å²) in [6.45, 7) is 5.34. The molecule has 14 heavy (non-hydrogen) atoms. The Morgan fingerprint density at radius 1 is 1.29 bits per heavy atom. The Hall–Kier alpha value is -0.870. The third kappa shape index (κ3) is 3.47. The predicted octanol–water partition coefficient (Wildman–Crippen LogP) is 2.07. The van der Waals surface area contributed by atoms with Crippen LogP contribution in [0.1, 0.15) is 19.7 Å². The summed E-state index contributed by atoms with van der Waals surface area (Å²) in [4.78, 5) is 8.12. The van der Waals surface area contributed by atoms with Gasteiger partial charge in [-0.2, -0.15) is 4.98 Å². The van der Waals surface area contributed by atoms with Crippen molar-refractivity contribution in [2.45, 2.75) is 20.5 Å². The minimum atomic E-state index is 0.358. The van der Waals surface area contributed by atoms with Crippen molar-refractivity contribution in [1.82, 2.24) is 9.97 Å². The zero-order valence-corrected chi connectivity index (χ0v) is 9.04. The topological polar surface area (TPSA) is 44.2 Å². The Kier molecular flexibility index (Phi) is 4.62. The van der Waals surface area contributed by atoms with Gasteiger partial charge in [0.1, 0.15) is 11.8 Å². The molecule has 0 saturated heterocycles. The monoisotopic (exact) mass is 216 g/mol. The lowest BCUT2D eigenvalue weighted by molar-refractivity contribution is 0.127. The standard InChI is InChI=1S/C9H13ClN2O2/c1-3-13-6-8-11-7(10)5-9(12-8)14-4-2/h5H,3-4,6H2,1-2H3. The van der Waals surface area contributed by atoms with Gasteiger partial charge < -0.3 is 9.47 Å². The zero-order valence-electron chi connectivity index (χ0n) is 8.29. The van der Waals surface area contributed by atoms with Crippen molar-refractivity contribution in [2.24, 2.45) is 0 Å². The summed E-state index contributed by atoms with van der Waals surface area (Å²) in [6.07, 6.45) is 0. The van der Waals surface area contributed by atoms with E-state index in [9.17, 15) is 0 Å². The number of rotatable bonds is 5. The second-order valence-electron chi connectivity index (χ2n) is 2.52. The van der Waals surface area contributed by atoms with Crippen molar-refractivity contribution in [3.8, 4) is 5.88 Å². The lowest BCUT2D eigenvalue weighted by Gasteiger charge is -2.05. The minimum absolute atomic E-state index is 0.358. The number of aromatic nitrogens is 2. The van der Waals surface area contributed by atoms with E-state index in [0.717, 1.165) is 0 Å². The third-order valence-electron chi connectivity index (χ3n) is 1.45. The van der Waals surface area contributed by atoms with Crippen molar-refractivity contribution in [2.75, 3.05) is 13.2 Å². The van der Waals surface area contributed by atoms with E-state index < -0.39 is 0 Å². The predicted molar refractivity (Wildman–Crippen MR) is 53.5 cm³/mol. The largest absolute Gasteiger partial charge is 0.478 e. The maximum absolute atomic E-state index is 5.78. The second kappa shape index (κ2) is 5.78. The summed E-state index contributed by atoms with van der Waals surface area (Å²) in [7, 11) is 0. The van der Waals surface area contributed by atoms with Gasteiger partial charge in [0.05, 0.1) is 6.61 Å². The van der Waals surface area contributed by atoms with Gasteiger partial charge in [0.15, 0.2) is 5.82 Å². The van der Waals surface area contributed by atoms with Gasteiger partial charge in [-0.15, -0.1) is 0 Å². The summed E-state index contributed by atoms with van der Waals surface area (Å²) in [5.41, 5.74) is 0. The quantitative estimate of drug-likeness (QED) is 0.707. The SMILES string of the molecule is CCOCc1nc(Cl)cc(OCC)n1. The van der Waals surface area contributed by atoms with Crippen molar-refractivity contribution in [3.63, 3.8) is 0 Å². The highest BCUT2D eigenvalue weighted by Crippen LogP contribution is 2.13. The van der Waals surface area contributed by atoms with Crippen LogP contribution in [-0.2, 0) is 11.3 Å². The van der Waals surface area contributed by atoms with Crippen LogP contribution in [0, 0.1) is 0 Å². The van der Waals surface area contributed by atoms with E-state index in [0.29, 0.717) is 36.7 Å². The molecule has 1 heterocycles. The molecule has 0 aliphatic heterocycles. The molecule has 0 saturated carbocycles. The molecule has 1 rings (SSSR count). The molecule has 0 radical (unpaired) electrons. The lowest BCUT2D eigenvalue weighted by Crippen LogP contribution is -2.02. The molecular formula is C9H13ClN2O2. The van der Waals surface area contributed by atoms with Crippen molar-refractivity contribution in [3.05, 3.63) is 17.0 Å². The molecule has 1 aromatic heterocycles. The smallest absolute Gasteiger partial charge is 0.218 e. The molecule has 0 fully saturated rings. The van der Waals surface area contributed by atoms with Crippen molar-refractivity contribution >= 4 is 11.6 Å². The van der Waals surface area contributed by atoms with Gasteiger partial charge in [-0.05, 0) is 13.8 Å². The fourth-order valence-electron chi connectivity index (χ4n) is 0.922. The molecule has 5 heteroatoms. The zero-order chi connectivity index (χ0) is 10.4. The second-order valence-corrected chi connectivity index (χ2v) is 2.90. The highest BCUT2D eigenvalue weighted by molar-refractivity contribution is 6.29. The lowest BCUT2D eigenvalue weighted by atomic mass is 10.5. The highest BCUT2D eigenvalue weighted by Gasteiger charge is 2.03. The fraction of sp³-hybridized carbons (Fsp3) is 0.556. The number of hydrogen-bond donors (Lipinski definition) is 0. The Morgan fingerprint density at radius 2 is 2.07 bits per heavy atom. The molecule has 0 spiro atoms. The highest BCUT2D eigenvalue weighted by atomic mass is 35.5. The van der Waals surface area contributed by atoms with E-state index in [1.54, 1.807) is 6.07 Å². The molecule has 0 aliphatic carbocycles. The van der Waals surface area contributed by atoms with Gasteiger partial charge in [-0.1, -0.05) is 11.6 Å². The minimum Gasteiger partial charge on any atom is -0.478 e. The maximum Gasteiger partial charge on any atom is 0.218 e. The van der Waals surface area contributed by atoms with E-state index in [4.69, 9.17) is 21.1 Å². The van der Waals surface area contributed by atoms with Gasteiger partial charge in [-0.25, -0.2) is 4.98 Å². The first-order valence-electron chi connectivity index (χ1n) is 4.50. The first-order chi connectivity index (χ1) is 6.76. The van der Waals surface area contributed by atoms with E-state index in [1.807, 2.05) is 13.8 Å². The molecule has 1 aromatic rings. The third-order valence-corrected chi connectivity index (χ3v) is 1.64. The summed E-state index contributed by atoms with van der Waals surface area (Å²) in [5, 5.41) is 0.373. The summed E-state index contributed by atoms with van der Waals surface area (Å²) >= 11 is 5.78. The van der Waals surface area contributed by atoms with Crippen LogP contribution in [0.3, 0.4) is 0 Å². The van der Waals surface area contributed by atoms with E-state index in [1.165, 1.54) is 0 Å². The molecule has 0 aliphatic rings. The fourth-order valence-corrected chi connectivity index (χ4v) is 1.11. The Morgan fingerprint density at radius 3 is 2.71 bits per heavy atom. The van der Waals surface area contributed by atoms with Crippen LogP contribution in [0.4, 0.5) is 0 Å². The van der Waals surface area contributed by atoms with Crippen LogP contribution in [-0.4, -0.2) is 23.2 Å². The Bertz CT molecular complexity index is 294. The average Bonchev–Trinajstić information content (AvgIpc) is 2.14.